The third kappa shape index (κ3) is 3.92. The zero-order chi connectivity index (χ0) is 17.6. The van der Waals surface area contributed by atoms with Crippen molar-refractivity contribution in [2.24, 2.45) is 0 Å². The maximum absolute atomic E-state index is 12.5. The molecule has 1 N–H and O–H groups in total. The highest BCUT2D eigenvalue weighted by molar-refractivity contribution is 5.95. The van der Waals surface area contributed by atoms with E-state index < -0.39 is 0 Å². The van der Waals surface area contributed by atoms with E-state index in [1.807, 2.05) is 6.92 Å². The van der Waals surface area contributed by atoms with Crippen molar-refractivity contribution in [1.82, 2.24) is 14.9 Å². The molecular weight excluding hydrogens is 316 g/mol. The largest absolute Gasteiger partial charge is 0.338 e. The SMILES string of the molecule is C[C@@H](C(=O)Nc1ccccc1C#N)N1CCN(c2ncccn2)CC1. The Hall–Kier alpha value is -2.98. The van der Waals surface area contributed by atoms with Gasteiger partial charge in [0.05, 0.1) is 17.3 Å². The van der Waals surface area contributed by atoms with Crippen molar-refractivity contribution in [2.75, 3.05) is 36.4 Å². The number of aromatic nitrogens is 2. The van der Waals surface area contributed by atoms with E-state index >= 15 is 0 Å². The normalized spacial score (nSPS) is 16.1. The average molecular weight is 336 g/mol. The maximum Gasteiger partial charge on any atom is 0.241 e. The molecular formula is C18H20N6O. The van der Waals surface area contributed by atoms with Crippen LogP contribution in [0.15, 0.2) is 42.7 Å². The van der Waals surface area contributed by atoms with Crippen molar-refractivity contribution >= 4 is 17.5 Å². The number of piperazine rings is 1. The van der Waals surface area contributed by atoms with Crippen LogP contribution >= 0.6 is 0 Å². The number of carbonyl (C=O) groups is 1. The van der Waals surface area contributed by atoms with Gasteiger partial charge in [-0.15, -0.1) is 0 Å². The molecule has 1 saturated heterocycles. The molecule has 7 nitrogen and oxygen atoms in total. The number of nitrogens with one attached hydrogen (secondary N) is 1. The van der Waals surface area contributed by atoms with Crippen LogP contribution in [0.5, 0.6) is 0 Å². The first kappa shape index (κ1) is 16.9. The molecule has 1 aliphatic rings. The van der Waals surface area contributed by atoms with E-state index in [1.54, 1.807) is 42.7 Å². The van der Waals surface area contributed by atoms with Crippen LogP contribution < -0.4 is 10.2 Å². The molecule has 0 radical (unpaired) electrons. The Labute approximate surface area is 146 Å². The van der Waals surface area contributed by atoms with Crippen molar-refractivity contribution < 1.29 is 4.79 Å². The molecule has 1 amide bonds. The van der Waals surface area contributed by atoms with Gasteiger partial charge in [0.15, 0.2) is 0 Å². The van der Waals surface area contributed by atoms with Gasteiger partial charge in [-0.1, -0.05) is 12.1 Å². The highest BCUT2D eigenvalue weighted by atomic mass is 16.2. The highest BCUT2D eigenvalue weighted by Crippen LogP contribution is 2.16. The van der Waals surface area contributed by atoms with Gasteiger partial charge in [-0.25, -0.2) is 9.97 Å². The molecule has 0 aliphatic carbocycles. The van der Waals surface area contributed by atoms with Crippen LogP contribution in [0.2, 0.25) is 0 Å². The monoisotopic (exact) mass is 336 g/mol. The lowest BCUT2D eigenvalue weighted by Crippen LogP contribution is -2.53. The molecule has 25 heavy (non-hydrogen) atoms. The number of rotatable bonds is 4. The fourth-order valence-corrected chi connectivity index (χ4v) is 2.86. The molecule has 7 heteroatoms. The van der Waals surface area contributed by atoms with E-state index in [0.717, 1.165) is 32.1 Å². The molecule has 1 atom stereocenters. The van der Waals surface area contributed by atoms with Crippen LogP contribution in [0.1, 0.15) is 12.5 Å². The molecule has 1 aromatic carbocycles. The summed E-state index contributed by atoms with van der Waals surface area (Å²) in [4.78, 5) is 25.3. The van der Waals surface area contributed by atoms with Gasteiger partial charge < -0.3 is 10.2 Å². The van der Waals surface area contributed by atoms with E-state index in [2.05, 4.69) is 31.2 Å². The molecule has 3 rings (SSSR count). The minimum absolute atomic E-state index is 0.105. The van der Waals surface area contributed by atoms with E-state index in [1.165, 1.54) is 0 Å². The molecule has 1 aliphatic heterocycles. The number of carbonyl (C=O) groups excluding carboxylic acids is 1. The Bertz CT molecular complexity index is 765. The first-order chi connectivity index (χ1) is 12.2. The lowest BCUT2D eigenvalue weighted by atomic mass is 10.1. The topological polar surface area (TPSA) is 85.2 Å². The van der Waals surface area contributed by atoms with Gasteiger partial charge in [0.2, 0.25) is 11.9 Å². The van der Waals surface area contributed by atoms with E-state index in [-0.39, 0.29) is 11.9 Å². The number of para-hydroxylation sites is 1. The zero-order valence-electron chi connectivity index (χ0n) is 14.1. The predicted octanol–water partition coefficient (Wildman–Crippen LogP) is 1.50. The van der Waals surface area contributed by atoms with Crippen LogP contribution in [-0.2, 0) is 4.79 Å². The second-order valence-electron chi connectivity index (χ2n) is 5.89. The summed E-state index contributed by atoms with van der Waals surface area (Å²) in [5, 5.41) is 12.0. The molecule has 2 heterocycles. The van der Waals surface area contributed by atoms with Gasteiger partial charge in [-0.05, 0) is 25.1 Å². The van der Waals surface area contributed by atoms with E-state index in [0.29, 0.717) is 11.3 Å². The number of benzene rings is 1. The van der Waals surface area contributed by atoms with Crippen LogP contribution in [0.4, 0.5) is 11.6 Å². The van der Waals surface area contributed by atoms with Gasteiger partial charge in [0.25, 0.3) is 0 Å². The fourth-order valence-electron chi connectivity index (χ4n) is 2.86. The number of nitrogens with zero attached hydrogens (tertiary/aromatic N) is 5. The van der Waals surface area contributed by atoms with Crippen LogP contribution in [-0.4, -0.2) is 53.0 Å². The molecule has 1 aromatic heterocycles. The fraction of sp³-hybridized carbons (Fsp3) is 0.333. The zero-order valence-corrected chi connectivity index (χ0v) is 14.1. The summed E-state index contributed by atoms with van der Waals surface area (Å²) in [5.74, 6) is 0.620. The summed E-state index contributed by atoms with van der Waals surface area (Å²) in [5.41, 5.74) is 1.02. The number of hydrogen-bond donors (Lipinski definition) is 1. The number of anilines is 2. The van der Waals surface area contributed by atoms with Crippen molar-refractivity contribution in [3.63, 3.8) is 0 Å². The molecule has 128 valence electrons. The summed E-state index contributed by atoms with van der Waals surface area (Å²) in [6.45, 7) is 4.95. The predicted molar refractivity (Wildman–Crippen MR) is 95.1 cm³/mol. The van der Waals surface area contributed by atoms with Crippen molar-refractivity contribution in [2.45, 2.75) is 13.0 Å². The van der Waals surface area contributed by atoms with E-state index in [9.17, 15) is 4.79 Å². The Balaban J connectivity index is 1.58. The van der Waals surface area contributed by atoms with Crippen LogP contribution in [0.3, 0.4) is 0 Å². The lowest BCUT2D eigenvalue weighted by Gasteiger charge is -2.37. The van der Waals surface area contributed by atoms with E-state index in [4.69, 9.17) is 5.26 Å². The van der Waals surface area contributed by atoms with Crippen LogP contribution in [0.25, 0.3) is 0 Å². The van der Waals surface area contributed by atoms with Crippen molar-refractivity contribution in [3.8, 4) is 6.07 Å². The standard InChI is InChI=1S/C18H20N6O/c1-14(17(25)22-16-6-3-2-5-15(16)13-19)23-9-11-24(12-10-23)18-20-7-4-8-21-18/h2-8,14H,9-12H2,1H3,(H,22,25)/t14-/m0/s1. The smallest absolute Gasteiger partial charge is 0.241 e. The molecule has 2 aromatic rings. The summed E-state index contributed by atoms with van der Waals surface area (Å²) in [6, 6.07) is 10.6. The van der Waals surface area contributed by atoms with Crippen LogP contribution in [0, 0.1) is 11.3 Å². The highest BCUT2D eigenvalue weighted by Gasteiger charge is 2.26. The Morgan fingerprint density at radius 1 is 1.16 bits per heavy atom. The van der Waals surface area contributed by atoms with Crippen molar-refractivity contribution in [3.05, 3.63) is 48.3 Å². The average Bonchev–Trinajstić information content (AvgIpc) is 2.68. The maximum atomic E-state index is 12.5. The molecule has 0 bridgehead atoms. The molecule has 0 saturated carbocycles. The van der Waals surface area contributed by atoms with Gasteiger partial charge >= 0.3 is 0 Å². The number of hydrogen-bond acceptors (Lipinski definition) is 6. The number of nitriles is 1. The third-order valence-corrected chi connectivity index (χ3v) is 4.38. The van der Waals surface area contributed by atoms with Crippen molar-refractivity contribution in [1.29, 1.82) is 5.26 Å². The quantitative estimate of drug-likeness (QED) is 0.911. The number of amides is 1. The van der Waals surface area contributed by atoms with Gasteiger partial charge in [-0.3, -0.25) is 9.69 Å². The Morgan fingerprint density at radius 3 is 2.52 bits per heavy atom. The van der Waals surface area contributed by atoms with Gasteiger partial charge in [0, 0.05) is 38.6 Å². The molecule has 0 spiro atoms. The second kappa shape index (κ2) is 7.73. The second-order valence-corrected chi connectivity index (χ2v) is 5.89. The van der Waals surface area contributed by atoms with Gasteiger partial charge in [-0.2, -0.15) is 5.26 Å². The Morgan fingerprint density at radius 2 is 1.84 bits per heavy atom. The Kier molecular flexibility index (Phi) is 5.21. The summed E-state index contributed by atoms with van der Waals surface area (Å²) in [6.07, 6.45) is 3.47. The molecule has 0 unspecified atom stereocenters. The van der Waals surface area contributed by atoms with Gasteiger partial charge in [0.1, 0.15) is 6.07 Å². The lowest BCUT2D eigenvalue weighted by molar-refractivity contribution is -0.120. The first-order valence-corrected chi connectivity index (χ1v) is 8.25. The molecule has 1 fully saturated rings. The minimum Gasteiger partial charge on any atom is -0.338 e. The summed E-state index contributed by atoms with van der Waals surface area (Å²) in [7, 11) is 0. The minimum atomic E-state index is -0.273. The third-order valence-electron chi connectivity index (χ3n) is 4.38. The first-order valence-electron chi connectivity index (χ1n) is 8.25. The summed E-state index contributed by atoms with van der Waals surface area (Å²) >= 11 is 0. The summed E-state index contributed by atoms with van der Waals surface area (Å²) < 4.78 is 0.